The van der Waals surface area contributed by atoms with Crippen LogP contribution in [0.1, 0.15) is 32.6 Å². The predicted molar refractivity (Wildman–Crippen MR) is 109 cm³/mol. The Morgan fingerprint density at radius 3 is 2.41 bits per heavy atom. The first-order valence-electron chi connectivity index (χ1n) is 8.62. The lowest BCUT2D eigenvalue weighted by Gasteiger charge is -2.12. The van der Waals surface area contributed by atoms with E-state index in [1.165, 1.54) is 12.4 Å². The summed E-state index contributed by atoms with van der Waals surface area (Å²) >= 11 is 6.30. The fourth-order valence-corrected chi connectivity index (χ4v) is 3.15. The molecule has 0 aliphatic carbocycles. The third-order valence-corrected chi connectivity index (χ3v) is 4.58. The van der Waals surface area contributed by atoms with Gasteiger partial charge >= 0.3 is 0 Å². The van der Waals surface area contributed by atoms with Gasteiger partial charge in [0, 0.05) is 18.9 Å². The Kier molecular flexibility index (Phi) is 5.72. The Morgan fingerprint density at radius 1 is 1.04 bits per heavy atom. The molecule has 0 aliphatic rings. The molecule has 1 heterocycles. The summed E-state index contributed by atoms with van der Waals surface area (Å²) in [7, 11) is 0. The van der Waals surface area contributed by atoms with Crippen molar-refractivity contribution in [2.75, 3.05) is 5.32 Å². The quantitative estimate of drug-likeness (QED) is 0.671. The van der Waals surface area contributed by atoms with Crippen molar-refractivity contribution in [1.82, 2.24) is 15.3 Å². The SMILES string of the molecule is Cc1cc(C)c(Nc2ncc(C(=O)NCc3ccccc3C)cn2)c(Cl)c1. The van der Waals surface area contributed by atoms with Gasteiger partial charge in [-0.25, -0.2) is 9.97 Å². The number of carbonyl (C=O) groups is 1. The van der Waals surface area contributed by atoms with Crippen LogP contribution in [0.5, 0.6) is 0 Å². The molecule has 27 heavy (non-hydrogen) atoms. The van der Waals surface area contributed by atoms with E-state index in [4.69, 9.17) is 11.6 Å². The van der Waals surface area contributed by atoms with E-state index in [0.717, 1.165) is 27.9 Å². The lowest BCUT2D eigenvalue weighted by atomic mass is 10.1. The molecule has 138 valence electrons. The van der Waals surface area contributed by atoms with Gasteiger partial charge in [-0.3, -0.25) is 4.79 Å². The van der Waals surface area contributed by atoms with Crippen LogP contribution in [0.15, 0.2) is 48.8 Å². The number of nitrogens with one attached hydrogen (secondary N) is 2. The molecular formula is C21H21ClN4O. The Balaban J connectivity index is 1.66. The lowest BCUT2D eigenvalue weighted by Crippen LogP contribution is -2.23. The molecule has 0 bridgehead atoms. The number of nitrogens with zero attached hydrogens (tertiary/aromatic N) is 2. The normalized spacial score (nSPS) is 10.5. The second kappa shape index (κ2) is 8.18. The Labute approximate surface area is 163 Å². The molecule has 3 aromatic rings. The van der Waals surface area contributed by atoms with E-state index in [1.54, 1.807) is 0 Å². The second-order valence-electron chi connectivity index (χ2n) is 6.47. The number of amides is 1. The molecule has 2 aromatic carbocycles. The number of halogens is 1. The number of hydrogen-bond acceptors (Lipinski definition) is 4. The van der Waals surface area contributed by atoms with Crippen LogP contribution in [0.25, 0.3) is 0 Å². The molecule has 0 saturated heterocycles. The highest BCUT2D eigenvalue weighted by Gasteiger charge is 2.10. The van der Waals surface area contributed by atoms with E-state index >= 15 is 0 Å². The maximum Gasteiger partial charge on any atom is 0.254 e. The van der Waals surface area contributed by atoms with Gasteiger partial charge in [0.1, 0.15) is 0 Å². The highest BCUT2D eigenvalue weighted by Crippen LogP contribution is 2.29. The van der Waals surface area contributed by atoms with Crippen molar-refractivity contribution in [2.45, 2.75) is 27.3 Å². The molecule has 3 rings (SSSR count). The summed E-state index contributed by atoms with van der Waals surface area (Å²) < 4.78 is 0. The molecule has 0 aliphatic heterocycles. The minimum absolute atomic E-state index is 0.214. The minimum Gasteiger partial charge on any atom is -0.348 e. The summed E-state index contributed by atoms with van der Waals surface area (Å²) in [6.45, 7) is 6.44. The molecule has 0 saturated carbocycles. The fraction of sp³-hybridized carbons (Fsp3) is 0.190. The van der Waals surface area contributed by atoms with Crippen LogP contribution >= 0.6 is 11.6 Å². The summed E-state index contributed by atoms with van der Waals surface area (Å²) in [6, 6.07) is 11.8. The zero-order valence-electron chi connectivity index (χ0n) is 15.5. The average molecular weight is 381 g/mol. The summed E-state index contributed by atoms with van der Waals surface area (Å²) in [4.78, 5) is 20.8. The van der Waals surface area contributed by atoms with Crippen molar-refractivity contribution in [1.29, 1.82) is 0 Å². The summed E-state index contributed by atoms with van der Waals surface area (Å²) in [5.74, 6) is 0.175. The number of rotatable bonds is 5. The number of aryl methyl sites for hydroxylation is 3. The van der Waals surface area contributed by atoms with Crippen LogP contribution in [0.2, 0.25) is 5.02 Å². The van der Waals surface area contributed by atoms with Crippen molar-refractivity contribution in [3.05, 3.63) is 81.6 Å². The van der Waals surface area contributed by atoms with Crippen molar-refractivity contribution in [2.24, 2.45) is 0 Å². The van der Waals surface area contributed by atoms with Crippen molar-refractivity contribution >= 4 is 29.1 Å². The number of hydrogen-bond donors (Lipinski definition) is 2. The van der Waals surface area contributed by atoms with E-state index < -0.39 is 0 Å². The maximum absolute atomic E-state index is 12.3. The summed E-state index contributed by atoms with van der Waals surface area (Å²) in [6.07, 6.45) is 3.00. The van der Waals surface area contributed by atoms with Gasteiger partial charge in [0.25, 0.3) is 5.91 Å². The van der Waals surface area contributed by atoms with Gasteiger partial charge in [0.05, 0.1) is 16.3 Å². The molecular weight excluding hydrogens is 360 g/mol. The minimum atomic E-state index is -0.214. The highest BCUT2D eigenvalue weighted by molar-refractivity contribution is 6.33. The Bertz CT molecular complexity index is 947. The third kappa shape index (κ3) is 4.63. The Hall–Kier alpha value is -2.92. The number of benzene rings is 2. The monoisotopic (exact) mass is 380 g/mol. The first-order valence-corrected chi connectivity index (χ1v) is 9.00. The standard InChI is InChI=1S/C21H21ClN4O/c1-13-8-15(3)19(18(22)9-13)26-21-24-11-17(12-25-21)20(27)23-10-16-7-5-4-6-14(16)2/h4-9,11-12H,10H2,1-3H3,(H,23,27)(H,24,25,26). The van der Waals surface area contributed by atoms with Crippen LogP contribution in [-0.4, -0.2) is 15.9 Å². The predicted octanol–water partition coefficient (Wildman–Crippen LogP) is 4.73. The van der Waals surface area contributed by atoms with Crippen molar-refractivity contribution in [3.63, 3.8) is 0 Å². The van der Waals surface area contributed by atoms with Gasteiger partial charge in [0.15, 0.2) is 0 Å². The van der Waals surface area contributed by atoms with Crippen LogP contribution in [-0.2, 0) is 6.54 Å². The number of aromatic nitrogens is 2. The van der Waals surface area contributed by atoms with Crippen LogP contribution in [0.4, 0.5) is 11.6 Å². The Morgan fingerprint density at radius 2 is 1.74 bits per heavy atom. The van der Waals surface area contributed by atoms with Crippen molar-refractivity contribution in [3.8, 4) is 0 Å². The average Bonchev–Trinajstić information content (AvgIpc) is 2.64. The van der Waals surface area contributed by atoms with Gasteiger partial charge in [-0.05, 0) is 49.1 Å². The van der Waals surface area contributed by atoms with Gasteiger partial charge in [-0.1, -0.05) is 41.9 Å². The topological polar surface area (TPSA) is 66.9 Å². The number of carbonyl (C=O) groups excluding carboxylic acids is 1. The zero-order valence-corrected chi connectivity index (χ0v) is 16.3. The van der Waals surface area contributed by atoms with Gasteiger partial charge in [0.2, 0.25) is 5.95 Å². The molecule has 2 N–H and O–H groups in total. The molecule has 0 fully saturated rings. The molecule has 0 atom stereocenters. The van der Waals surface area contributed by atoms with E-state index in [0.29, 0.717) is 23.1 Å². The second-order valence-corrected chi connectivity index (χ2v) is 6.88. The van der Waals surface area contributed by atoms with Crippen LogP contribution < -0.4 is 10.6 Å². The molecule has 0 unspecified atom stereocenters. The molecule has 0 spiro atoms. The molecule has 5 nitrogen and oxygen atoms in total. The molecule has 1 aromatic heterocycles. The van der Waals surface area contributed by atoms with Crippen LogP contribution in [0.3, 0.4) is 0 Å². The fourth-order valence-electron chi connectivity index (χ4n) is 2.78. The van der Waals surface area contributed by atoms with Crippen molar-refractivity contribution < 1.29 is 4.79 Å². The molecule has 1 amide bonds. The number of anilines is 2. The maximum atomic E-state index is 12.3. The largest absolute Gasteiger partial charge is 0.348 e. The first-order chi connectivity index (χ1) is 12.9. The smallest absolute Gasteiger partial charge is 0.254 e. The summed E-state index contributed by atoms with van der Waals surface area (Å²) in [5.41, 5.74) is 5.47. The van der Waals surface area contributed by atoms with Gasteiger partial charge < -0.3 is 10.6 Å². The third-order valence-electron chi connectivity index (χ3n) is 4.28. The summed E-state index contributed by atoms with van der Waals surface area (Å²) in [5, 5.41) is 6.61. The highest BCUT2D eigenvalue weighted by atomic mass is 35.5. The first kappa shape index (κ1) is 18.9. The van der Waals surface area contributed by atoms with E-state index in [-0.39, 0.29) is 5.91 Å². The van der Waals surface area contributed by atoms with E-state index in [1.807, 2.05) is 57.2 Å². The van der Waals surface area contributed by atoms with Crippen LogP contribution in [0, 0.1) is 20.8 Å². The van der Waals surface area contributed by atoms with Gasteiger partial charge in [-0.2, -0.15) is 0 Å². The van der Waals surface area contributed by atoms with Gasteiger partial charge in [-0.15, -0.1) is 0 Å². The zero-order chi connectivity index (χ0) is 19.4. The molecule has 6 heteroatoms. The molecule has 0 radical (unpaired) electrons. The lowest BCUT2D eigenvalue weighted by molar-refractivity contribution is 0.0950. The van der Waals surface area contributed by atoms with E-state index in [9.17, 15) is 4.79 Å². The van der Waals surface area contributed by atoms with E-state index in [2.05, 4.69) is 20.6 Å².